The Balaban J connectivity index is 2.13. The SMILES string of the molecule is COc1c(C)cc(C(=O)NC(CC2CC2)C(=O)O)cc1C. The lowest BCUT2D eigenvalue weighted by atomic mass is 10.0. The van der Waals surface area contributed by atoms with Gasteiger partial charge in [0.05, 0.1) is 7.11 Å². The standard InChI is InChI=1S/C16H21NO4/c1-9-6-12(7-10(2)14(9)21-3)15(18)17-13(16(19)20)8-11-4-5-11/h6-7,11,13H,4-5,8H2,1-3H3,(H,17,18)(H,19,20). The van der Waals surface area contributed by atoms with Gasteiger partial charge in [-0.2, -0.15) is 0 Å². The van der Waals surface area contributed by atoms with E-state index in [0.29, 0.717) is 17.9 Å². The molecule has 1 aromatic rings. The molecule has 1 aliphatic rings. The number of carboxylic acid groups (broad SMARTS) is 1. The Morgan fingerprint density at radius 1 is 1.33 bits per heavy atom. The predicted octanol–water partition coefficient (Wildman–Crippen LogP) is 2.30. The van der Waals surface area contributed by atoms with Crippen LogP contribution in [0.1, 0.15) is 40.7 Å². The molecule has 0 aromatic heterocycles. The highest BCUT2D eigenvalue weighted by Gasteiger charge is 2.30. The van der Waals surface area contributed by atoms with Crippen LogP contribution in [0.5, 0.6) is 5.75 Å². The zero-order chi connectivity index (χ0) is 15.6. The monoisotopic (exact) mass is 291 g/mol. The largest absolute Gasteiger partial charge is 0.496 e. The molecule has 1 aromatic carbocycles. The Kier molecular flexibility index (Phi) is 4.50. The fourth-order valence-electron chi connectivity index (χ4n) is 2.55. The maximum absolute atomic E-state index is 12.3. The molecule has 0 aliphatic heterocycles. The smallest absolute Gasteiger partial charge is 0.326 e. The molecule has 2 N–H and O–H groups in total. The molecule has 5 heteroatoms. The van der Waals surface area contributed by atoms with E-state index in [1.807, 2.05) is 13.8 Å². The molecule has 1 atom stereocenters. The Hall–Kier alpha value is -2.04. The average Bonchev–Trinajstić information content (AvgIpc) is 3.21. The molecule has 0 bridgehead atoms. The minimum Gasteiger partial charge on any atom is -0.496 e. The van der Waals surface area contributed by atoms with Crippen LogP contribution in [0, 0.1) is 19.8 Å². The second-order valence-electron chi connectivity index (χ2n) is 5.69. The van der Waals surface area contributed by atoms with Crippen LogP contribution < -0.4 is 10.1 Å². The van der Waals surface area contributed by atoms with Crippen LogP contribution in [0.4, 0.5) is 0 Å². The molecule has 2 rings (SSSR count). The maximum Gasteiger partial charge on any atom is 0.326 e. The van der Waals surface area contributed by atoms with Crippen LogP contribution in [0.15, 0.2) is 12.1 Å². The van der Waals surface area contributed by atoms with Gasteiger partial charge in [-0.15, -0.1) is 0 Å². The number of nitrogens with one attached hydrogen (secondary N) is 1. The summed E-state index contributed by atoms with van der Waals surface area (Å²) >= 11 is 0. The van der Waals surface area contributed by atoms with E-state index in [0.717, 1.165) is 29.7 Å². The third-order valence-corrected chi connectivity index (χ3v) is 3.80. The summed E-state index contributed by atoms with van der Waals surface area (Å²) in [4.78, 5) is 23.5. The average molecular weight is 291 g/mol. The molecule has 21 heavy (non-hydrogen) atoms. The van der Waals surface area contributed by atoms with Gasteiger partial charge in [-0.3, -0.25) is 4.79 Å². The van der Waals surface area contributed by atoms with Crippen molar-refractivity contribution in [3.63, 3.8) is 0 Å². The first-order valence-electron chi connectivity index (χ1n) is 7.11. The number of methoxy groups -OCH3 is 1. The number of rotatable bonds is 6. The van der Waals surface area contributed by atoms with Crippen molar-refractivity contribution in [1.29, 1.82) is 0 Å². The van der Waals surface area contributed by atoms with E-state index in [1.165, 1.54) is 0 Å². The lowest BCUT2D eigenvalue weighted by molar-refractivity contribution is -0.139. The van der Waals surface area contributed by atoms with Crippen LogP contribution in [0.2, 0.25) is 0 Å². The Morgan fingerprint density at radius 3 is 2.33 bits per heavy atom. The third-order valence-electron chi connectivity index (χ3n) is 3.80. The van der Waals surface area contributed by atoms with Gasteiger partial charge >= 0.3 is 5.97 Å². The molecule has 1 fully saturated rings. The van der Waals surface area contributed by atoms with E-state index in [2.05, 4.69) is 5.32 Å². The number of hydrogen-bond acceptors (Lipinski definition) is 3. The van der Waals surface area contributed by atoms with Gasteiger partial charge in [-0.25, -0.2) is 4.79 Å². The summed E-state index contributed by atoms with van der Waals surface area (Å²) in [6.45, 7) is 3.73. The number of ether oxygens (including phenoxy) is 1. The zero-order valence-corrected chi connectivity index (χ0v) is 12.6. The van der Waals surface area contributed by atoms with Crippen LogP contribution in [0.3, 0.4) is 0 Å². The lowest BCUT2D eigenvalue weighted by Gasteiger charge is -2.16. The first kappa shape index (κ1) is 15.4. The Bertz CT molecular complexity index is 540. The Morgan fingerprint density at radius 2 is 1.90 bits per heavy atom. The molecule has 1 aliphatic carbocycles. The van der Waals surface area contributed by atoms with Crippen LogP contribution in [0.25, 0.3) is 0 Å². The molecular formula is C16H21NO4. The van der Waals surface area contributed by atoms with Crippen LogP contribution in [-0.4, -0.2) is 30.1 Å². The predicted molar refractivity (Wildman–Crippen MR) is 78.7 cm³/mol. The topological polar surface area (TPSA) is 75.6 Å². The second kappa shape index (κ2) is 6.16. The van der Waals surface area contributed by atoms with Crippen molar-refractivity contribution < 1.29 is 19.4 Å². The van der Waals surface area contributed by atoms with Gasteiger partial charge < -0.3 is 15.2 Å². The molecule has 1 amide bonds. The summed E-state index contributed by atoms with van der Waals surface area (Å²) in [5.41, 5.74) is 2.18. The Labute approximate surface area is 124 Å². The first-order chi connectivity index (χ1) is 9.92. The summed E-state index contributed by atoms with van der Waals surface area (Å²) in [6.07, 6.45) is 2.62. The van der Waals surface area contributed by atoms with Gasteiger partial charge in [-0.05, 0) is 49.4 Å². The highest BCUT2D eigenvalue weighted by atomic mass is 16.5. The quantitative estimate of drug-likeness (QED) is 0.843. The number of aliphatic carboxylic acids is 1. The molecule has 1 saturated carbocycles. The van der Waals surface area contributed by atoms with E-state index < -0.39 is 12.0 Å². The highest BCUT2D eigenvalue weighted by Crippen LogP contribution is 2.33. The van der Waals surface area contributed by atoms with Gasteiger partial charge in [0.15, 0.2) is 0 Å². The molecule has 114 valence electrons. The van der Waals surface area contributed by atoms with Crippen molar-refractivity contribution in [2.75, 3.05) is 7.11 Å². The van der Waals surface area contributed by atoms with Crippen LogP contribution >= 0.6 is 0 Å². The fourth-order valence-corrected chi connectivity index (χ4v) is 2.55. The van der Waals surface area contributed by atoms with Gasteiger partial charge in [0.1, 0.15) is 11.8 Å². The summed E-state index contributed by atoms with van der Waals surface area (Å²) in [5, 5.41) is 11.8. The second-order valence-corrected chi connectivity index (χ2v) is 5.69. The summed E-state index contributed by atoms with van der Waals surface area (Å²) in [7, 11) is 1.59. The molecule has 0 saturated heterocycles. The molecule has 5 nitrogen and oxygen atoms in total. The van der Waals surface area contributed by atoms with E-state index in [-0.39, 0.29) is 5.91 Å². The number of hydrogen-bond donors (Lipinski definition) is 2. The number of benzene rings is 1. The first-order valence-corrected chi connectivity index (χ1v) is 7.11. The van der Waals surface area contributed by atoms with E-state index >= 15 is 0 Å². The molecule has 0 radical (unpaired) electrons. The van der Waals surface area contributed by atoms with Crippen molar-refractivity contribution in [3.05, 3.63) is 28.8 Å². The van der Waals surface area contributed by atoms with E-state index in [9.17, 15) is 14.7 Å². The minimum absolute atomic E-state index is 0.350. The van der Waals surface area contributed by atoms with Crippen molar-refractivity contribution in [2.24, 2.45) is 5.92 Å². The van der Waals surface area contributed by atoms with Gasteiger partial charge in [0.2, 0.25) is 0 Å². The normalized spacial score (nSPS) is 15.4. The molecular weight excluding hydrogens is 270 g/mol. The molecule has 0 heterocycles. The van der Waals surface area contributed by atoms with Crippen molar-refractivity contribution in [3.8, 4) is 5.75 Å². The number of carbonyl (C=O) groups is 2. The summed E-state index contributed by atoms with van der Waals surface area (Å²) < 4.78 is 5.26. The summed E-state index contributed by atoms with van der Waals surface area (Å²) in [5.74, 6) is -0.140. The minimum atomic E-state index is -0.975. The molecule has 1 unspecified atom stereocenters. The van der Waals surface area contributed by atoms with Gasteiger partial charge in [-0.1, -0.05) is 12.8 Å². The van der Waals surface area contributed by atoms with Gasteiger partial charge in [0, 0.05) is 5.56 Å². The number of amides is 1. The van der Waals surface area contributed by atoms with Crippen molar-refractivity contribution in [2.45, 2.75) is 39.2 Å². The number of carbonyl (C=O) groups excluding carboxylic acids is 1. The third kappa shape index (κ3) is 3.74. The number of aryl methyl sites for hydroxylation is 2. The molecule has 0 spiro atoms. The fraction of sp³-hybridized carbons (Fsp3) is 0.500. The maximum atomic E-state index is 12.3. The van der Waals surface area contributed by atoms with E-state index in [1.54, 1.807) is 19.2 Å². The zero-order valence-electron chi connectivity index (χ0n) is 12.6. The number of carboxylic acids is 1. The lowest BCUT2D eigenvalue weighted by Crippen LogP contribution is -2.41. The van der Waals surface area contributed by atoms with Crippen molar-refractivity contribution in [1.82, 2.24) is 5.32 Å². The van der Waals surface area contributed by atoms with Crippen LogP contribution in [-0.2, 0) is 4.79 Å². The summed E-state index contributed by atoms with van der Waals surface area (Å²) in [6, 6.07) is 2.63. The highest BCUT2D eigenvalue weighted by molar-refractivity contribution is 5.97. The van der Waals surface area contributed by atoms with E-state index in [4.69, 9.17) is 4.74 Å². The van der Waals surface area contributed by atoms with Gasteiger partial charge in [0.25, 0.3) is 5.91 Å². The van der Waals surface area contributed by atoms with Crippen molar-refractivity contribution >= 4 is 11.9 Å².